The molecular formula is C25H31ClN2O6. The number of carbonyl (C=O) groups is 2. The van der Waals surface area contributed by atoms with Gasteiger partial charge in [0.05, 0.1) is 24.2 Å². The van der Waals surface area contributed by atoms with Gasteiger partial charge >= 0.3 is 5.97 Å². The zero-order valence-electron chi connectivity index (χ0n) is 19.2. The lowest BCUT2D eigenvalue weighted by atomic mass is 9.48. The summed E-state index contributed by atoms with van der Waals surface area (Å²) in [6.07, 6.45) is 6.84. The second-order valence-corrected chi connectivity index (χ2v) is 10.3. The molecule has 8 nitrogen and oxygen atoms in total. The number of esters is 1. The van der Waals surface area contributed by atoms with E-state index in [9.17, 15) is 19.8 Å². The largest absolute Gasteiger partial charge is 0.504 e. The van der Waals surface area contributed by atoms with E-state index in [2.05, 4.69) is 15.0 Å². The Bertz CT molecular complexity index is 1060. The summed E-state index contributed by atoms with van der Waals surface area (Å²) in [5, 5.41) is 26.0. The zero-order valence-corrected chi connectivity index (χ0v) is 20.0. The van der Waals surface area contributed by atoms with Crippen LogP contribution in [0.25, 0.3) is 0 Å². The summed E-state index contributed by atoms with van der Waals surface area (Å²) < 4.78 is 11.0. The molecule has 5 aliphatic rings. The first-order valence-electron chi connectivity index (χ1n) is 11.9. The van der Waals surface area contributed by atoms with Crippen molar-refractivity contribution in [2.45, 2.75) is 67.7 Å². The molecule has 3 aliphatic carbocycles. The molecule has 2 heterocycles. The predicted octanol–water partition coefficient (Wildman–Crippen LogP) is 1.59. The van der Waals surface area contributed by atoms with Crippen molar-refractivity contribution in [1.82, 2.24) is 10.2 Å². The molecule has 0 aromatic heterocycles. The van der Waals surface area contributed by atoms with Crippen molar-refractivity contribution in [3.8, 4) is 11.5 Å². The number of halogens is 1. The van der Waals surface area contributed by atoms with E-state index in [4.69, 9.17) is 4.74 Å². The third-order valence-corrected chi connectivity index (χ3v) is 8.66. The number of aromatic hydroxyl groups is 1. The van der Waals surface area contributed by atoms with Crippen LogP contribution < -0.4 is 10.1 Å². The number of hydrogen-bond acceptors (Lipinski definition) is 7. The molecule has 5 atom stereocenters. The van der Waals surface area contributed by atoms with Crippen LogP contribution in [0.15, 0.2) is 24.3 Å². The fourth-order valence-corrected chi connectivity index (χ4v) is 7.07. The van der Waals surface area contributed by atoms with Crippen molar-refractivity contribution in [3.05, 3.63) is 35.4 Å². The number of piperidine rings is 1. The van der Waals surface area contributed by atoms with Crippen LogP contribution in [0.1, 0.15) is 43.2 Å². The number of phenolic OH excluding ortho intramolecular Hbond substituents is 1. The van der Waals surface area contributed by atoms with Crippen molar-refractivity contribution in [3.63, 3.8) is 0 Å². The van der Waals surface area contributed by atoms with Crippen LogP contribution in [0.3, 0.4) is 0 Å². The van der Waals surface area contributed by atoms with Gasteiger partial charge in [0, 0.05) is 30.3 Å². The summed E-state index contributed by atoms with van der Waals surface area (Å²) in [6, 6.07) is 3.29. The number of methoxy groups -OCH3 is 1. The Morgan fingerprint density at radius 1 is 1.26 bits per heavy atom. The molecule has 1 aromatic rings. The van der Waals surface area contributed by atoms with Crippen LogP contribution in [-0.4, -0.2) is 71.0 Å². The van der Waals surface area contributed by atoms with Crippen LogP contribution >= 0.6 is 12.4 Å². The first-order valence-corrected chi connectivity index (χ1v) is 11.9. The number of benzene rings is 1. The van der Waals surface area contributed by atoms with E-state index >= 15 is 0 Å². The molecule has 3 unspecified atom stereocenters. The molecule has 2 bridgehead atoms. The van der Waals surface area contributed by atoms with Crippen LogP contribution in [0.4, 0.5) is 0 Å². The van der Waals surface area contributed by atoms with Crippen molar-refractivity contribution in [1.29, 1.82) is 0 Å². The predicted molar refractivity (Wildman–Crippen MR) is 125 cm³/mol. The highest BCUT2D eigenvalue weighted by Gasteiger charge is 2.73. The molecule has 6 rings (SSSR count). The first-order chi connectivity index (χ1) is 15.9. The number of nitrogens with zero attached hydrogens (tertiary/aromatic N) is 1. The molecule has 2 aliphatic heterocycles. The van der Waals surface area contributed by atoms with E-state index in [1.165, 1.54) is 20.0 Å². The van der Waals surface area contributed by atoms with Gasteiger partial charge in [-0.2, -0.15) is 0 Å². The van der Waals surface area contributed by atoms with Crippen LogP contribution in [0.2, 0.25) is 0 Å². The molecule has 0 radical (unpaired) electrons. The van der Waals surface area contributed by atoms with Crippen molar-refractivity contribution >= 4 is 24.3 Å². The van der Waals surface area contributed by atoms with E-state index in [-0.39, 0.29) is 30.2 Å². The van der Waals surface area contributed by atoms with Crippen LogP contribution in [-0.2, 0) is 26.2 Å². The lowest BCUT2D eigenvalue weighted by Crippen LogP contribution is -2.78. The minimum Gasteiger partial charge on any atom is -0.504 e. The van der Waals surface area contributed by atoms with Crippen LogP contribution in [0.5, 0.6) is 11.5 Å². The highest BCUT2D eigenvalue weighted by atomic mass is 35.5. The molecule has 2 saturated carbocycles. The Hall–Kier alpha value is -2.29. The van der Waals surface area contributed by atoms with Gasteiger partial charge in [-0.3, -0.25) is 9.69 Å². The number of hydrogen-bond donors (Lipinski definition) is 3. The number of likely N-dealkylation sites (tertiary alicyclic amines) is 1. The Morgan fingerprint density at radius 2 is 2.06 bits per heavy atom. The molecule has 9 heteroatoms. The molecule has 1 saturated heterocycles. The first kappa shape index (κ1) is 23.5. The van der Waals surface area contributed by atoms with Gasteiger partial charge < -0.3 is 25.0 Å². The Kier molecular flexibility index (Phi) is 5.61. The van der Waals surface area contributed by atoms with Gasteiger partial charge in [0.1, 0.15) is 6.10 Å². The maximum Gasteiger partial charge on any atom is 0.330 e. The number of aliphatic hydroxyl groups is 1. The fraction of sp³-hybridized carbons (Fsp3) is 0.600. The average Bonchev–Trinajstić information content (AvgIpc) is 3.54. The highest BCUT2D eigenvalue weighted by Crippen LogP contribution is 2.65. The third kappa shape index (κ3) is 3.18. The van der Waals surface area contributed by atoms with Crippen molar-refractivity contribution in [2.75, 3.05) is 20.2 Å². The second-order valence-electron chi connectivity index (χ2n) is 10.3. The Labute approximate surface area is 204 Å². The standard InChI is InChI=1S/C25H30N2O6.ClH/c1-32-20(30)7-6-19(29)26-16-8-9-25(31)18-12-15-4-5-17(28)22-21(15)24(25,23(16)33-22)10-11-27(18)13-14-2-3-14;/h4-7,14,16,18,23,28,31H,2-3,8-13H2,1H3,(H,26,29);1H/t16?,18?,23?,24-,25-;/m0./s1. The molecule has 1 spiro atoms. The maximum absolute atomic E-state index is 12.6. The summed E-state index contributed by atoms with van der Waals surface area (Å²) in [7, 11) is 1.26. The quantitative estimate of drug-likeness (QED) is 0.425. The smallest absolute Gasteiger partial charge is 0.330 e. The molecule has 34 heavy (non-hydrogen) atoms. The number of amides is 1. The monoisotopic (exact) mass is 490 g/mol. The van der Waals surface area contributed by atoms with Gasteiger partial charge in [0.25, 0.3) is 0 Å². The Morgan fingerprint density at radius 3 is 2.79 bits per heavy atom. The number of nitrogens with one attached hydrogen (secondary N) is 1. The number of phenols is 1. The summed E-state index contributed by atoms with van der Waals surface area (Å²) in [5.41, 5.74) is 0.390. The highest BCUT2D eigenvalue weighted by molar-refractivity contribution is 5.94. The molecule has 1 aromatic carbocycles. The summed E-state index contributed by atoms with van der Waals surface area (Å²) >= 11 is 0. The molecule has 184 valence electrons. The van der Waals surface area contributed by atoms with Gasteiger partial charge in [0.15, 0.2) is 11.5 Å². The third-order valence-electron chi connectivity index (χ3n) is 8.66. The van der Waals surface area contributed by atoms with E-state index in [0.717, 1.165) is 48.7 Å². The molecule has 1 amide bonds. The van der Waals surface area contributed by atoms with E-state index in [0.29, 0.717) is 25.0 Å². The van der Waals surface area contributed by atoms with Crippen molar-refractivity contribution in [2.24, 2.45) is 5.92 Å². The number of carbonyl (C=O) groups excluding carboxylic acids is 2. The van der Waals surface area contributed by atoms with E-state index < -0.39 is 29.0 Å². The van der Waals surface area contributed by atoms with Crippen LogP contribution in [0, 0.1) is 5.92 Å². The fourth-order valence-electron chi connectivity index (χ4n) is 7.07. The van der Waals surface area contributed by atoms with Gasteiger partial charge in [0.2, 0.25) is 5.91 Å². The van der Waals surface area contributed by atoms with E-state index in [1.807, 2.05) is 6.07 Å². The molecule has 3 N–H and O–H groups in total. The molecular weight excluding hydrogens is 460 g/mol. The maximum atomic E-state index is 12.6. The zero-order chi connectivity index (χ0) is 23.0. The average molecular weight is 491 g/mol. The van der Waals surface area contributed by atoms with Gasteiger partial charge in [-0.25, -0.2) is 4.79 Å². The summed E-state index contributed by atoms with van der Waals surface area (Å²) in [5.74, 6) is 0.256. The van der Waals surface area contributed by atoms with Gasteiger partial charge in [-0.1, -0.05) is 6.07 Å². The van der Waals surface area contributed by atoms with Gasteiger partial charge in [-0.05, 0) is 62.6 Å². The lowest BCUT2D eigenvalue weighted by Gasteiger charge is -2.64. The Balaban J connectivity index is 0.00000241. The second kappa shape index (κ2) is 8.14. The summed E-state index contributed by atoms with van der Waals surface area (Å²) in [4.78, 5) is 26.4. The minimum absolute atomic E-state index is 0. The SMILES string of the molecule is COC(=O)C=CC(=O)NC1CC[C@]2(O)C3Cc4ccc(O)c5c4[C@@]2(CCN3CC2CC2)C1O5.Cl. The number of ether oxygens (including phenoxy) is 2. The van der Waals surface area contributed by atoms with Gasteiger partial charge in [-0.15, -0.1) is 12.4 Å². The molecule has 3 fully saturated rings. The normalized spacial score (nSPS) is 35.2. The van der Waals surface area contributed by atoms with E-state index in [1.54, 1.807) is 6.07 Å². The van der Waals surface area contributed by atoms with Crippen molar-refractivity contribution < 1.29 is 29.3 Å². The lowest BCUT2D eigenvalue weighted by molar-refractivity contribution is -0.192. The number of rotatable bonds is 5. The minimum atomic E-state index is -0.986. The summed E-state index contributed by atoms with van der Waals surface area (Å²) in [6.45, 7) is 1.88. The topological polar surface area (TPSA) is 108 Å².